The third kappa shape index (κ3) is 6.10. The van der Waals surface area contributed by atoms with Gasteiger partial charge in [0.2, 0.25) is 20.0 Å². The lowest BCUT2D eigenvalue weighted by atomic mass is 10.1. The minimum absolute atomic E-state index is 0.000637. The van der Waals surface area contributed by atoms with Gasteiger partial charge in [0.05, 0.1) is 28.6 Å². The van der Waals surface area contributed by atoms with Gasteiger partial charge in [-0.05, 0) is 49.2 Å². The number of morpholine rings is 1. The van der Waals surface area contributed by atoms with E-state index in [0.29, 0.717) is 24.3 Å². The Morgan fingerprint density at radius 1 is 0.972 bits per heavy atom. The first-order chi connectivity index (χ1) is 16.8. The number of carbonyl (C=O) groups excluding carboxylic acids is 2. The highest BCUT2D eigenvalue weighted by molar-refractivity contribution is 7.89. The Labute approximate surface area is 211 Å². The first-order valence-corrected chi connectivity index (χ1v) is 13.9. The Morgan fingerprint density at radius 2 is 1.58 bits per heavy atom. The SMILES string of the molecule is Cc1ccc(S(=O)(=O)N(C)C)cc1NC(=O)COC(=O)c1cc(S(=O)(=O)N2CCOCC2)ccc1C. The summed E-state index contributed by atoms with van der Waals surface area (Å²) in [7, 11) is -4.73. The van der Waals surface area contributed by atoms with Crippen LogP contribution in [0.15, 0.2) is 46.2 Å². The molecular weight excluding hydrogens is 510 g/mol. The smallest absolute Gasteiger partial charge is 0.338 e. The van der Waals surface area contributed by atoms with Crippen molar-refractivity contribution < 1.29 is 35.9 Å². The van der Waals surface area contributed by atoms with E-state index in [1.807, 2.05) is 0 Å². The standard InChI is InChI=1S/C23H29N3O8S2/c1-16-5-7-18(36(31,32)26-9-11-33-12-10-26)13-20(16)23(28)34-15-22(27)24-21-14-19(8-6-17(21)2)35(29,30)25(3)4/h5-8,13-14H,9-12,15H2,1-4H3,(H,24,27). The van der Waals surface area contributed by atoms with Gasteiger partial charge in [-0.2, -0.15) is 4.31 Å². The lowest BCUT2D eigenvalue weighted by Crippen LogP contribution is -2.40. The van der Waals surface area contributed by atoms with Crippen LogP contribution in [0, 0.1) is 13.8 Å². The highest BCUT2D eigenvalue weighted by atomic mass is 32.2. The van der Waals surface area contributed by atoms with Crippen LogP contribution in [0.25, 0.3) is 0 Å². The van der Waals surface area contributed by atoms with Gasteiger partial charge in [0, 0.05) is 32.9 Å². The number of hydrogen-bond acceptors (Lipinski definition) is 8. The van der Waals surface area contributed by atoms with E-state index < -0.39 is 38.5 Å². The zero-order valence-corrected chi connectivity index (χ0v) is 22.1. The van der Waals surface area contributed by atoms with Gasteiger partial charge in [-0.1, -0.05) is 12.1 Å². The van der Waals surface area contributed by atoms with Crippen LogP contribution in [-0.4, -0.2) is 84.3 Å². The van der Waals surface area contributed by atoms with Crippen molar-refractivity contribution in [1.82, 2.24) is 8.61 Å². The number of rotatable bonds is 8. The molecule has 2 aromatic rings. The number of sulfonamides is 2. The van der Waals surface area contributed by atoms with Crippen molar-refractivity contribution in [2.24, 2.45) is 0 Å². The number of carbonyl (C=O) groups is 2. The first kappa shape index (κ1) is 27.7. The van der Waals surface area contributed by atoms with E-state index in [2.05, 4.69) is 5.32 Å². The number of nitrogens with zero attached hydrogens (tertiary/aromatic N) is 2. The molecule has 0 atom stereocenters. The molecule has 1 N–H and O–H groups in total. The molecule has 1 aliphatic rings. The van der Waals surface area contributed by atoms with Crippen molar-refractivity contribution in [3.63, 3.8) is 0 Å². The van der Waals surface area contributed by atoms with Crippen LogP contribution in [-0.2, 0) is 34.3 Å². The van der Waals surface area contributed by atoms with E-state index in [1.54, 1.807) is 19.9 Å². The molecule has 0 unspecified atom stereocenters. The molecule has 0 spiro atoms. The molecule has 1 amide bonds. The summed E-state index contributed by atoms with van der Waals surface area (Å²) < 4.78 is 63.3. The maximum Gasteiger partial charge on any atom is 0.338 e. The second-order valence-electron chi connectivity index (χ2n) is 8.38. The fourth-order valence-corrected chi connectivity index (χ4v) is 5.78. The fourth-order valence-electron chi connectivity index (χ4n) is 3.42. The molecule has 1 heterocycles. The van der Waals surface area contributed by atoms with Gasteiger partial charge < -0.3 is 14.8 Å². The molecule has 11 nitrogen and oxygen atoms in total. The second kappa shape index (κ2) is 11.0. The molecule has 1 saturated heterocycles. The molecule has 13 heteroatoms. The maximum absolute atomic E-state index is 12.9. The topological polar surface area (TPSA) is 139 Å². The third-order valence-corrected chi connectivity index (χ3v) is 9.34. The summed E-state index contributed by atoms with van der Waals surface area (Å²) >= 11 is 0. The summed E-state index contributed by atoms with van der Waals surface area (Å²) in [6, 6.07) is 8.47. The van der Waals surface area contributed by atoms with E-state index in [9.17, 15) is 26.4 Å². The molecule has 3 rings (SSSR count). The Kier molecular flexibility index (Phi) is 8.52. The predicted molar refractivity (Wildman–Crippen MR) is 132 cm³/mol. The van der Waals surface area contributed by atoms with Gasteiger partial charge in [-0.15, -0.1) is 0 Å². The van der Waals surface area contributed by atoms with Crippen LogP contribution in [0.5, 0.6) is 0 Å². The highest BCUT2D eigenvalue weighted by Gasteiger charge is 2.28. The quantitative estimate of drug-likeness (QED) is 0.496. The predicted octanol–water partition coefficient (Wildman–Crippen LogP) is 1.37. The van der Waals surface area contributed by atoms with Crippen LogP contribution in [0.3, 0.4) is 0 Å². The maximum atomic E-state index is 12.9. The monoisotopic (exact) mass is 539 g/mol. The molecule has 36 heavy (non-hydrogen) atoms. The van der Waals surface area contributed by atoms with Crippen LogP contribution >= 0.6 is 0 Å². The lowest BCUT2D eigenvalue weighted by Gasteiger charge is -2.26. The first-order valence-electron chi connectivity index (χ1n) is 11.0. The number of benzene rings is 2. The number of hydrogen-bond donors (Lipinski definition) is 1. The minimum atomic E-state index is -3.82. The molecule has 0 saturated carbocycles. The Bertz CT molecular complexity index is 1370. The average molecular weight is 540 g/mol. The number of aryl methyl sites for hydroxylation is 2. The molecule has 196 valence electrons. The van der Waals surface area contributed by atoms with Crippen LogP contribution in [0.4, 0.5) is 5.69 Å². The van der Waals surface area contributed by atoms with Crippen LogP contribution < -0.4 is 5.32 Å². The number of nitrogens with one attached hydrogen (secondary N) is 1. The Morgan fingerprint density at radius 3 is 2.22 bits per heavy atom. The Hall–Kier alpha value is -2.84. The van der Waals surface area contributed by atoms with Crippen molar-refractivity contribution in [3.05, 3.63) is 53.1 Å². The molecule has 1 fully saturated rings. The summed E-state index contributed by atoms with van der Waals surface area (Å²) in [5, 5.41) is 2.55. The van der Waals surface area contributed by atoms with E-state index >= 15 is 0 Å². The Balaban J connectivity index is 1.71. The largest absolute Gasteiger partial charge is 0.452 e. The summed E-state index contributed by atoms with van der Waals surface area (Å²) in [5.41, 5.74) is 1.38. The van der Waals surface area contributed by atoms with Gasteiger partial charge in [-0.25, -0.2) is 25.9 Å². The number of esters is 1. The molecule has 0 radical (unpaired) electrons. The number of anilines is 1. The zero-order chi connectivity index (χ0) is 26.7. The summed E-state index contributed by atoms with van der Waals surface area (Å²) in [6.07, 6.45) is 0. The molecule has 0 aromatic heterocycles. The summed E-state index contributed by atoms with van der Waals surface area (Å²) in [4.78, 5) is 25.1. The lowest BCUT2D eigenvalue weighted by molar-refractivity contribution is -0.119. The van der Waals surface area contributed by atoms with E-state index in [-0.39, 0.29) is 34.1 Å². The van der Waals surface area contributed by atoms with Crippen LogP contribution in [0.2, 0.25) is 0 Å². The summed E-state index contributed by atoms with van der Waals surface area (Å²) in [6.45, 7) is 3.68. The van der Waals surface area contributed by atoms with Crippen molar-refractivity contribution in [2.45, 2.75) is 23.6 Å². The number of amides is 1. The second-order valence-corrected chi connectivity index (χ2v) is 12.5. The normalized spacial score (nSPS) is 15.0. The molecule has 1 aliphatic heterocycles. The molecule has 2 aromatic carbocycles. The third-order valence-electron chi connectivity index (χ3n) is 5.63. The average Bonchev–Trinajstić information content (AvgIpc) is 2.84. The molecular formula is C23H29N3O8S2. The van der Waals surface area contributed by atoms with E-state index in [0.717, 1.165) is 4.31 Å². The van der Waals surface area contributed by atoms with Crippen molar-refractivity contribution in [2.75, 3.05) is 52.3 Å². The van der Waals surface area contributed by atoms with Crippen molar-refractivity contribution >= 4 is 37.6 Å². The van der Waals surface area contributed by atoms with Gasteiger partial charge in [0.15, 0.2) is 6.61 Å². The van der Waals surface area contributed by atoms with Gasteiger partial charge in [-0.3, -0.25) is 4.79 Å². The van der Waals surface area contributed by atoms with Gasteiger partial charge in [0.1, 0.15) is 0 Å². The summed E-state index contributed by atoms with van der Waals surface area (Å²) in [5.74, 6) is -1.54. The van der Waals surface area contributed by atoms with Crippen molar-refractivity contribution in [1.29, 1.82) is 0 Å². The van der Waals surface area contributed by atoms with Crippen LogP contribution in [0.1, 0.15) is 21.5 Å². The minimum Gasteiger partial charge on any atom is -0.452 e. The van der Waals surface area contributed by atoms with E-state index in [4.69, 9.17) is 9.47 Å². The molecule has 0 aliphatic carbocycles. The highest BCUT2D eigenvalue weighted by Crippen LogP contribution is 2.23. The number of ether oxygens (including phenoxy) is 2. The van der Waals surface area contributed by atoms with E-state index in [1.165, 1.54) is 48.7 Å². The van der Waals surface area contributed by atoms with Gasteiger partial charge in [0.25, 0.3) is 5.91 Å². The van der Waals surface area contributed by atoms with Crippen molar-refractivity contribution in [3.8, 4) is 0 Å². The zero-order valence-electron chi connectivity index (χ0n) is 20.5. The fraction of sp³-hybridized carbons (Fsp3) is 0.391. The molecule has 0 bridgehead atoms. The van der Waals surface area contributed by atoms with Gasteiger partial charge >= 0.3 is 5.97 Å².